The predicted molar refractivity (Wildman–Crippen MR) is 71.7 cm³/mol. The van der Waals surface area contributed by atoms with E-state index in [2.05, 4.69) is 0 Å². The van der Waals surface area contributed by atoms with Gasteiger partial charge in [-0.05, 0) is 0 Å². The molecule has 2 aromatic heterocycles. The van der Waals surface area contributed by atoms with Crippen molar-refractivity contribution in [3.63, 3.8) is 0 Å². The average Bonchev–Trinajstić information content (AvgIpc) is 3.00. The van der Waals surface area contributed by atoms with Crippen LogP contribution in [0.1, 0.15) is 20.7 Å². The zero-order valence-corrected chi connectivity index (χ0v) is 11.1. The van der Waals surface area contributed by atoms with Crippen LogP contribution in [0.3, 0.4) is 0 Å². The van der Waals surface area contributed by atoms with E-state index in [9.17, 15) is 29.8 Å². The van der Waals surface area contributed by atoms with Gasteiger partial charge in [-0.25, -0.2) is 0 Å². The molecule has 20 heavy (non-hydrogen) atoms. The van der Waals surface area contributed by atoms with Gasteiger partial charge >= 0.3 is 10.0 Å². The number of hydrogen-bond donors (Lipinski definition) is 0. The van der Waals surface area contributed by atoms with E-state index in [1.807, 2.05) is 0 Å². The van der Waals surface area contributed by atoms with Crippen molar-refractivity contribution in [1.82, 2.24) is 0 Å². The summed E-state index contributed by atoms with van der Waals surface area (Å²) in [6.45, 7) is 0. The molecule has 0 saturated heterocycles. The number of hydrogen-bond acceptors (Lipinski definition) is 8. The number of nitro groups is 2. The molecule has 2 aromatic rings. The first-order chi connectivity index (χ1) is 9.51. The van der Waals surface area contributed by atoms with E-state index in [-0.39, 0.29) is 22.3 Å². The average molecular weight is 312 g/mol. The lowest BCUT2D eigenvalue weighted by molar-refractivity contribution is -0.381. The van der Waals surface area contributed by atoms with Gasteiger partial charge in [0.2, 0.25) is 0 Å². The Kier molecular flexibility index (Phi) is 3.68. The molecule has 2 heterocycles. The van der Waals surface area contributed by atoms with Gasteiger partial charge in [0.1, 0.15) is 0 Å². The van der Waals surface area contributed by atoms with Gasteiger partial charge < -0.3 is 0 Å². The van der Waals surface area contributed by atoms with E-state index in [0.717, 1.165) is 0 Å². The van der Waals surface area contributed by atoms with Crippen LogP contribution >= 0.6 is 22.7 Å². The van der Waals surface area contributed by atoms with Crippen molar-refractivity contribution in [2.75, 3.05) is 0 Å². The molecule has 10 heteroatoms. The fourth-order valence-electron chi connectivity index (χ4n) is 1.67. The Labute approximate surface area is 118 Å². The fraction of sp³-hybridized carbons (Fsp3) is 0. The molecular weight excluding hydrogens is 308 g/mol. The van der Waals surface area contributed by atoms with Crippen LogP contribution in [0.4, 0.5) is 10.0 Å². The maximum Gasteiger partial charge on any atom is 0.332 e. The summed E-state index contributed by atoms with van der Waals surface area (Å²) in [5, 5.41) is 23.6. The highest BCUT2D eigenvalue weighted by molar-refractivity contribution is 7.15. The summed E-state index contributed by atoms with van der Waals surface area (Å²) in [5.74, 6) is 0. The van der Waals surface area contributed by atoms with Crippen molar-refractivity contribution in [2.24, 2.45) is 0 Å². The van der Waals surface area contributed by atoms with E-state index < -0.39 is 19.8 Å². The Morgan fingerprint density at radius 2 is 1.20 bits per heavy atom. The van der Waals surface area contributed by atoms with Crippen LogP contribution in [0.5, 0.6) is 0 Å². The molecule has 0 fully saturated rings. The smallest absolute Gasteiger partial charge is 0.298 e. The lowest BCUT2D eigenvalue weighted by Crippen LogP contribution is -1.95. The first-order valence-electron chi connectivity index (χ1n) is 4.93. The summed E-state index contributed by atoms with van der Waals surface area (Å²) in [5.41, 5.74) is -0.451. The van der Waals surface area contributed by atoms with Gasteiger partial charge in [-0.1, -0.05) is 22.7 Å². The number of thiophene rings is 2. The molecule has 0 spiro atoms. The molecule has 0 aliphatic carbocycles. The number of carbonyl (C=O) groups is 2. The molecule has 0 unspecified atom stereocenters. The first-order valence-corrected chi connectivity index (χ1v) is 6.69. The molecule has 0 atom stereocenters. The summed E-state index contributed by atoms with van der Waals surface area (Å²) in [7, 11) is 0. The van der Waals surface area contributed by atoms with Gasteiger partial charge in [0, 0.05) is 21.9 Å². The van der Waals surface area contributed by atoms with Crippen molar-refractivity contribution in [3.8, 4) is 11.1 Å². The molecule has 0 radical (unpaired) electrons. The molecular formula is C10H4N2O6S2. The highest BCUT2D eigenvalue weighted by atomic mass is 32.1. The van der Waals surface area contributed by atoms with Gasteiger partial charge in [0.15, 0.2) is 12.6 Å². The van der Waals surface area contributed by atoms with Gasteiger partial charge in [-0.15, -0.1) is 0 Å². The summed E-state index contributed by atoms with van der Waals surface area (Å²) >= 11 is 1.36. The van der Waals surface area contributed by atoms with E-state index in [1.54, 1.807) is 0 Å². The van der Waals surface area contributed by atoms with Crippen molar-refractivity contribution >= 4 is 45.2 Å². The van der Waals surface area contributed by atoms with E-state index in [0.29, 0.717) is 35.2 Å². The third-order valence-corrected chi connectivity index (χ3v) is 4.33. The second-order valence-electron chi connectivity index (χ2n) is 3.49. The lowest BCUT2D eigenvalue weighted by Gasteiger charge is -1.98. The van der Waals surface area contributed by atoms with Gasteiger partial charge in [0.25, 0.3) is 0 Å². The monoisotopic (exact) mass is 312 g/mol. The van der Waals surface area contributed by atoms with Crippen molar-refractivity contribution < 1.29 is 19.4 Å². The topological polar surface area (TPSA) is 120 Å². The standard InChI is InChI=1S/C10H4N2O6S2/c13-1-5-3-19-9(11(15)16)7(5)8-6(2-14)4-20-10(8)12(17)18/h1-4H. The van der Waals surface area contributed by atoms with Crippen molar-refractivity contribution in [3.05, 3.63) is 42.1 Å². The molecule has 0 amide bonds. The van der Waals surface area contributed by atoms with Gasteiger partial charge in [-0.2, -0.15) is 0 Å². The third kappa shape index (κ3) is 2.10. The van der Waals surface area contributed by atoms with Crippen molar-refractivity contribution in [1.29, 1.82) is 0 Å². The van der Waals surface area contributed by atoms with Crippen LogP contribution in [0, 0.1) is 20.2 Å². The highest BCUT2D eigenvalue weighted by Gasteiger charge is 2.32. The van der Waals surface area contributed by atoms with Crippen LogP contribution < -0.4 is 0 Å². The SMILES string of the molecule is O=Cc1csc([N+](=O)[O-])c1-c1c(C=O)csc1[N+](=O)[O-]. The summed E-state index contributed by atoms with van der Waals surface area (Å²) < 4.78 is 0. The molecule has 8 nitrogen and oxygen atoms in total. The second kappa shape index (κ2) is 5.27. The summed E-state index contributed by atoms with van der Waals surface area (Å²) in [4.78, 5) is 42.4. The minimum atomic E-state index is -0.733. The molecule has 0 bridgehead atoms. The fourth-order valence-corrected chi connectivity index (χ4v) is 3.34. The molecule has 0 aromatic carbocycles. The summed E-state index contributed by atoms with van der Waals surface area (Å²) in [6.07, 6.45) is 0.740. The minimum absolute atomic E-state index is 0.0497. The Morgan fingerprint density at radius 1 is 0.850 bits per heavy atom. The molecule has 0 saturated carbocycles. The first kappa shape index (κ1) is 14.0. The van der Waals surface area contributed by atoms with Crippen LogP contribution in [0.25, 0.3) is 11.1 Å². The number of aldehydes is 2. The maximum absolute atomic E-state index is 11.0. The minimum Gasteiger partial charge on any atom is -0.298 e. The zero-order chi connectivity index (χ0) is 14.9. The quantitative estimate of drug-likeness (QED) is 0.475. The highest BCUT2D eigenvalue weighted by Crippen LogP contribution is 2.46. The van der Waals surface area contributed by atoms with Crippen LogP contribution in [0.2, 0.25) is 0 Å². The Balaban J connectivity index is 2.86. The van der Waals surface area contributed by atoms with Gasteiger partial charge in [-0.3, -0.25) is 29.8 Å². The van der Waals surface area contributed by atoms with Crippen LogP contribution in [-0.2, 0) is 0 Å². The lowest BCUT2D eigenvalue weighted by atomic mass is 10.0. The number of nitrogens with zero attached hydrogens (tertiary/aromatic N) is 2. The molecule has 102 valence electrons. The normalized spacial score (nSPS) is 10.2. The Hall–Kier alpha value is -2.46. The summed E-state index contributed by atoms with van der Waals surface area (Å²) in [6, 6.07) is 0. The maximum atomic E-state index is 11.0. The Bertz CT molecular complexity index is 670. The van der Waals surface area contributed by atoms with Crippen LogP contribution in [0.15, 0.2) is 10.8 Å². The molecule has 2 rings (SSSR count). The molecule has 0 N–H and O–H groups in total. The van der Waals surface area contributed by atoms with Crippen LogP contribution in [-0.4, -0.2) is 22.4 Å². The molecule has 0 aliphatic heterocycles. The predicted octanol–water partition coefficient (Wildman–Crippen LogP) is 2.92. The number of rotatable bonds is 5. The van der Waals surface area contributed by atoms with E-state index in [1.165, 1.54) is 10.8 Å². The van der Waals surface area contributed by atoms with Crippen molar-refractivity contribution in [2.45, 2.75) is 0 Å². The third-order valence-electron chi connectivity index (χ3n) is 2.44. The van der Waals surface area contributed by atoms with Gasteiger partial charge in [0.05, 0.1) is 21.0 Å². The van der Waals surface area contributed by atoms with E-state index in [4.69, 9.17) is 0 Å². The Morgan fingerprint density at radius 3 is 1.45 bits per heavy atom. The number of carbonyl (C=O) groups excluding carboxylic acids is 2. The largest absolute Gasteiger partial charge is 0.332 e. The van der Waals surface area contributed by atoms with E-state index >= 15 is 0 Å². The second-order valence-corrected chi connectivity index (χ2v) is 5.21. The zero-order valence-electron chi connectivity index (χ0n) is 9.47. The molecule has 0 aliphatic rings.